The van der Waals surface area contributed by atoms with Crippen molar-refractivity contribution in [2.75, 3.05) is 7.05 Å². The fraction of sp³-hybridized carbons (Fsp3) is 0.571. The fourth-order valence-corrected chi connectivity index (χ4v) is 1.79. The highest BCUT2D eigenvalue weighted by Gasteiger charge is 2.69. The van der Waals surface area contributed by atoms with Gasteiger partial charge in [0.15, 0.2) is 0 Å². The van der Waals surface area contributed by atoms with Gasteiger partial charge in [-0.1, -0.05) is 0 Å². The number of piperidine rings is 1. The Balaban J connectivity index is 2.24. The second-order valence-corrected chi connectivity index (χ2v) is 3.15. The summed E-state index contributed by atoms with van der Waals surface area (Å²) >= 11 is 0. The number of imide groups is 1. The SMILES string of the molecule is CN1C(=O)C2C(C(=O)O)C2C1=O. The van der Waals surface area contributed by atoms with E-state index in [0.29, 0.717) is 0 Å². The summed E-state index contributed by atoms with van der Waals surface area (Å²) in [5, 5.41) is 8.56. The standard InChI is InChI=1S/C7H7NO4/c1-8-5(9)2-3(6(8)10)4(2)7(11)12/h2-4H,1H3,(H,11,12). The summed E-state index contributed by atoms with van der Waals surface area (Å²) < 4.78 is 0. The van der Waals surface area contributed by atoms with Crippen LogP contribution in [0.2, 0.25) is 0 Å². The molecule has 2 atom stereocenters. The number of carboxylic acid groups (broad SMARTS) is 1. The second kappa shape index (κ2) is 1.85. The van der Waals surface area contributed by atoms with Crippen LogP contribution in [0.15, 0.2) is 0 Å². The summed E-state index contributed by atoms with van der Waals surface area (Å²) in [5.74, 6) is -3.63. The second-order valence-electron chi connectivity index (χ2n) is 3.15. The van der Waals surface area contributed by atoms with E-state index in [2.05, 4.69) is 0 Å². The molecule has 0 aromatic heterocycles. The molecule has 5 heteroatoms. The zero-order chi connectivity index (χ0) is 9.04. The third-order valence-corrected chi connectivity index (χ3v) is 2.54. The zero-order valence-electron chi connectivity index (χ0n) is 6.35. The number of hydrogen-bond acceptors (Lipinski definition) is 3. The van der Waals surface area contributed by atoms with Crippen LogP contribution in [-0.4, -0.2) is 34.8 Å². The summed E-state index contributed by atoms with van der Waals surface area (Å²) in [6, 6.07) is 0. The van der Waals surface area contributed by atoms with E-state index in [0.717, 1.165) is 4.90 Å². The number of hydrogen-bond donors (Lipinski definition) is 1. The van der Waals surface area contributed by atoms with Gasteiger partial charge in [0.25, 0.3) is 0 Å². The van der Waals surface area contributed by atoms with Crippen molar-refractivity contribution in [1.29, 1.82) is 0 Å². The molecule has 0 bridgehead atoms. The molecule has 1 heterocycles. The van der Waals surface area contributed by atoms with E-state index in [1.54, 1.807) is 0 Å². The molecule has 64 valence electrons. The zero-order valence-corrected chi connectivity index (χ0v) is 6.35. The highest BCUT2D eigenvalue weighted by Crippen LogP contribution is 2.52. The monoisotopic (exact) mass is 169 g/mol. The predicted octanol–water partition coefficient (Wildman–Crippen LogP) is -1.07. The summed E-state index contributed by atoms with van der Waals surface area (Å²) in [6.45, 7) is 0. The van der Waals surface area contributed by atoms with Crippen LogP contribution in [0.5, 0.6) is 0 Å². The van der Waals surface area contributed by atoms with Crippen molar-refractivity contribution in [2.24, 2.45) is 17.8 Å². The number of rotatable bonds is 1. The van der Waals surface area contributed by atoms with Crippen LogP contribution in [0, 0.1) is 17.8 Å². The smallest absolute Gasteiger partial charge is 0.308 e. The summed E-state index contributed by atoms with van der Waals surface area (Å²) in [6.07, 6.45) is 0. The maximum Gasteiger partial charge on any atom is 0.308 e. The van der Waals surface area contributed by atoms with Gasteiger partial charge in [0, 0.05) is 7.05 Å². The molecule has 1 aliphatic carbocycles. The molecule has 0 aromatic carbocycles. The van der Waals surface area contributed by atoms with Crippen molar-refractivity contribution >= 4 is 17.8 Å². The summed E-state index contributed by atoms with van der Waals surface area (Å²) in [7, 11) is 1.38. The summed E-state index contributed by atoms with van der Waals surface area (Å²) in [5.41, 5.74) is 0. The van der Waals surface area contributed by atoms with E-state index < -0.39 is 23.7 Å². The highest BCUT2D eigenvalue weighted by atomic mass is 16.4. The lowest BCUT2D eigenvalue weighted by atomic mass is 10.2. The first-order valence-electron chi connectivity index (χ1n) is 3.60. The molecular weight excluding hydrogens is 162 g/mol. The molecule has 5 nitrogen and oxygen atoms in total. The number of aliphatic carboxylic acids is 1. The Labute approximate surface area is 68.0 Å². The fourth-order valence-electron chi connectivity index (χ4n) is 1.79. The molecular formula is C7H7NO4. The van der Waals surface area contributed by atoms with Crippen molar-refractivity contribution in [3.63, 3.8) is 0 Å². The molecule has 0 radical (unpaired) electrons. The lowest BCUT2D eigenvalue weighted by Gasteiger charge is -2.09. The van der Waals surface area contributed by atoms with E-state index in [1.165, 1.54) is 7.05 Å². The van der Waals surface area contributed by atoms with Gasteiger partial charge < -0.3 is 5.11 Å². The largest absolute Gasteiger partial charge is 0.481 e. The molecule has 1 aliphatic heterocycles. The van der Waals surface area contributed by atoms with Crippen molar-refractivity contribution in [3.05, 3.63) is 0 Å². The third kappa shape index (κ3) is 0.609. The molecule has 2 unspecified atom stereocenters. The first-order valence-corrected chi connectivity index (χ1v) is 3.60. The minimum Gasteiger partial charge on any atom is -0.481 e. The first-order chi connectivity index (χ1) is 5.55. The van der Waals surface area contributed by atoms with Crippen LogP contribution in [0.1, 0.15) is 0 Å². The Morgan fingerprint density at radius 3 is 2.08 bits per heavy atom. The van der Waals surface area contributed by atoms with E-state index >= 15 is 0 Å². The molecule has 1 saturated carbocycles. The van der Waals surface area contributed by atoms with Crippen LogP contribution < -0.4 is 0 Å². The van der Waals surface area contributed by atoms with Gasteiger partial charge in [-0.15, -0.1) is 0 Å². The number of carbonyl (C=O) groups excluding carboxylic acids is 2. The Hall–Kier alpha value is -1.39. The highest BCUT2D eigenvalue weighted by molar-refractivity contribution is 6.12. The van der Waals surface area contributed by atoms with Crippen LogP contribution >= 0.6 is 0 Å². The van der Waals surface area contributed by atoms with Crippen LogP contribution in [0.3, 0.4) is 0 Å². The number of fused-ring (bicyclic) bond motifs is 1. The maximum atomic E-state index is 11.1. The molecule has 2 amide bonds. The van der Waals surface area contributed by atoms with Crippen molar-refractivity contribution in [1.82, 2.24) is 4.90 Å². The molecule has 1 saturated heterocycles. The van der Waals surface area contributed by atoms with Gasteiger partial charge in [0.2, 0.25) is 11.8 Å². The Morgan fingerprint density at radius 1 is 1.33 bits per heavy atom. The van der Waals surface area contributed by atoms with Crippen LogP contribution in [0.25, 0.3) is 0 Å². The quantitative estimate of drug-likeness (QED) is 0.507. The molecule has 2 rings (SSSR count). The van der Waals surface area contributed by atoms with Crippen LogP contribution in [0.4, 0.5) is 0 Å². The number of amides is 2. The molecule has 2 fully saturated rings. The van der Waals surface area contributed by atoms with Gasteiger partial charge in [0.05, 0.1) is 17.8 Å². The van der Waals surface area contributed by atoms with E-state index in [4.69, 9.17) is 5.11 Å². The molecule has 0 aromatic rings. The van der Waals surface area contributed by atoms with E-state index in [-0.39, 0.29) is 11.8 Å². The summed E-state index contributed by atoms with van der Waals surface area (Å²) in [4.78, 5) is 33.7. The number of carbonyl (C=O) groups is 3. The Bertz CT molecular complexity index is 276. The minimum atomic E-state index is -1.04. The van der Waals surface area contributed by atoms with Gasteiger partial charge in [0.1, 0.15) is 0 Å². The van der Waals surface area contributed by atoms with Crippen molar-refractivity contribution < 1.29 is 19.5 Å². The van der Waals surface area contributed by atoms with Gasteiger partial charge >= 0.3 is 5.97 Å². The normalized spacial score (nSPS) is 38.4. The lowest BCUT2D eigenvalue weighted by molar-refractivity contribution is -0.147. The van der Waals surface area contributed by atoms with Crippen molar-refractivity contribution in [2.45, 2.75) is 0 Å². The third-order valence-electron chi connectivity index (χ3n) is 2.54. The molecule has 12 heavy (non-hydrogen) atoms. The maximum absolute atomic E-state index is 11.1. The number of nitrogens with zero attached hydrogens (tertiary/aromatic N) is 1. The molecule has 1 N–H and O–H groups in total. The van der Waals surface area contributed by atoms with Gasteiger partial charge in [-0.3, -0.25) is 19.3 Å². The van der Waals surface area contributed by atoms with Crippen molar-refractivity contribution in [3.8, 4) is 0 Å². The average molecular weight is 169 g/mol. The van der Waals surface area contributed by atoms with Gasteiger partial charge in [-0.05, 0) is 0 Å². The van der Waals surface area contributed by atoms with Crippen LogP contribution in [-0.2, 0) is 14.4 Å². The molecule has 2 aliphatic rings. The van der Waals surface area contributed by atoms with E-state index in [1.807, 2.05) is 0 Å². The number of carboxylic acids is 1. The number of likely N-dealkylation sites (tertiary alicyclic amines) is 1. The average Bonchev–Trinajstić information content (AvgIpc) is 2.69. The van der Waals surface area contributed by atoms with Gasteiger partial charge in [-0.2, -0.15) is 0 Å². The lowest BCUT2D eigenvalue weighted by Crippen LogP contribution is -2.31. The minimum absolute atomic E-state index is 0.350. The van der Waals surface area contributed by atoms with E-state index in [9.17, 15) is 14.4 Å². The van der Waals surface area contributed by atoms with Gasteiger partial charge in [-0.25, -0.2) is 0 Å². The predicted molar refractivity (Wildman–Crippen MR) is 35.9 cm³/mol. The Kier molecular flexibility index (Phi) is 1.12. The Morgan fingerprint density at radius 2 is 1.75 bits per heavy atom. The molecule has 0 spiro atoms. The first kappa shape index (κ1) is 7.27. The topological polar surface area (TPSA) is 74.7 Å².